The predicted octanol–water partition coefficient (Wildman–Crippen LogP) is 2.54. The molecule has 19 heavy (non-hydrogen) atoms. The van der Waals surface area contributed by atoms with Gasteiger partial charge in [-0.2, -0.15) is 0 Å². The van der Waals surface area contributed by atoms with E-state index in [4.69, 9.17) is 0 Å². The summed E-state index contributed by atoms with van der Waals surface area (Å²) >= 11 is 0. The summed E-state index contributed by atoms with van der Waals surface area (Å²) in [4.78, 5) is 11.7. The number of hydrazine groups is 1. The first-order chi connectivity index (χ1) is 9.25. The molecule has 0 aliphatic heterocycles. The maximum absolute atomic E-state index is 11.7. The number of benzene rings is 2. The Morgan fingerprint density at radius 2 is 1.58 bits per heavy atom. The number of rotatable bonds is 4. The molecule has 0 aliphatic carbocycles. The number of amides is 2. The zero-order chi connectivity index (χ0) is 13.5. The lowest BCUT2D eigenvalue weighted by Crippen LogP contribution is -2.45. The summed E-state index contributed by atoms with van der Waals surface area (Å²) in [7, 11) is 1.80. The van der Waals surface area contributed by atoms with Crippen molar-refractivity contribution < 1.29 is 4.79 Å². The molecule has 0 fully saturated rings. The van der Waals surface area contributed by atoms with Crippen molar-refractivity contribution in [2.75, 3.05) is 12.1 Å². The molecule has 98 valence electrons. The third-order valence-corrected chi connectivity index (χ3v) is 2.71. The van der Waals surface area contributed by atoms with Crippen LogP contribution in [0.5, 0.6) is 0 Å². The molecule has 0 heterocycles. The summed E-state index contributed by atoms with van der Waals surface area (Å²) in [5.74, 6) is 0. The van der Waals surface area contributed by atoms with Crippen molar-refractivity contribution in [3.63, 3.8) is 0 Å². The fourth-order valence-corrected chi connectivity index (χ4v) is 1.69. The highest BCUT2D eigenvalue weighted by molar-refractivity contribution is 5.75. The summed E-state index contributed by atoms with van der Waals surface area (Å²) in [6.07, 6.45) is 0. The summed E-state index contributed by atoms with van der Waals surface area (Å²) in [6.45, 7) is 0.509. The first-order valence-electron chi connectivity index (χ1n) is 6.13. The third-order valence-electron chi connectivity index (χ3n) is 2.71. The van der Waals surface area contributed by atoms with Crippen LogP contribution in [0.4, 0.5) is 10.5 Å². The highest BCUT2D eigenvalue weighted by atomic mass is 16.2. The van der Waals surface area contributed by atoms with Crippen LogP contribution in [0.1, 0.15) is 5.56 Å². The van der Waals surface area contributed by atoms with Crippen molar-refractivity contribution >= 4 is 11.7 Å². The van der Waals surface area contributed by atoms with Gasteiger partial charge < -0.3 is 5.32 Å². The molecular formula is C15H17N3O. The number of nitrogens with zero attached hydrogens (tertiary/aromatic N) is 1. The minimum atomic E-state index is -0.227. The van der Waals surface area contributed by atoms with E-state index in [-0.39, 0.29) is 6.03 Å². The van der Waals surface area contributed by atoms with E-state index >= 15 is 0 Å². The highest BCUT2D eigenvalue weighted by Crippen LogP contribution is 2.08. The third kappa shape index (κ3) is 4.03. The van der Waals surface area contributed by atoms with Gasteiger partial charge in [0, 0.05) is 13.6 Å². The smallest absolute Gasteiger partial charge is 0.333 e. The molecule has 2 aromatic carbocycles. The molecule has 0 unspecified atom stereocenters. The fourth-order valence-electron chi connectivity index (χ4n) is 1.69. The van der Waals surface area contributed by atoms with Crippen LogP contribution in [-0.2, 0) is 6.54 Å². The Bertz CT molecular complexity index is 513. The fraction of sp³-hybridized carbons (Fsp3) is 0.133. The number of urea groups is 1. The van der Waals surface area contributed by atoms with Crippen LogP contribution in [0, 0.1) is 0 Å². The first-order valence-corrected chi connectivity index (χ1v) is 6.13. The van der Waals surface area contributed by atoms with Gasteiger partial charge in [-0.25, -0.2) is 10.2 Å². The average Bonchev–Trinajstić information content (AvgIpc) is 2.47. The molecule has 2 amide bonds. The zero-order valence-electron chi connectivity index (χ0n) is 10.8. The van der Waals surface area contributed by atoms with E-state index in [1.807, 2.05) is 60.7 Å². The van der Waals surface area contributed by atoms with Crippen molar-refractivity contribution in [1.29, 1.82) is 0 Å². The monoisotopic (exact) mass is 255 g/mol. The lowest BCUT2D eigenvalue weighted by Gasteiger charge is -2.20. The van der Waals surface area contributed by atoms with Gasteiger partial charge in [0.15, 0.2) is 0 Å². The number of anilines is 1. The Hall–Kier alpha value is -2.49. The average molecular weight is 255 g/mol. The molecule has 0 atom stereocenters. The Morgan fingerprint density at radius 1 is 1.00 bits per heavy atom. The van der Waals surface area contributed by atoms with E-state index in [1.54, 1.807) is 12.1 Å². The first kappa shape index (κ1) is 13.0. The number of nitrogens with one attached hydrogen (secondary N) is 2. The molecule has 0 saturated heterocycles. The largest absolute Gasteiger partial charge is 0.333 e. The normalized spacial score (nSPS) is 9.74. The van der Waals surface area contributed by atoms with Gasteiger partial charge in [0.1, 0.15) is 0 Å². The van der Waals surface area contributed by atoms with Crippen LogP contribution in [-0.4, -0.2) is 13.1 Å². The van der Waals surface area contributed by atoms with Crippen LogP contribution in [0.3, 0.4) is 0 Å². The van der Waals surface area contributed by atoms with E-state index in [0.717, 1.165) is 11.3 Å². The van der Waals surface area contributed by atoms with E-state index in [1.165, 1.54) is 0 Å². The lowest BCUT2D eigenvalue weighted by molar-refractivity contribution is 0.240. The second kappa shape index (κ2) is 6.44. The number of hydrogen-bond acceptors (Lipinski definition) is 2. The van der Waals surface area contributed by atoms with E-state index < -0.39 is 0 Å². The molecular weight excluding hydrogens is 238 g/mol. The maximum Gasteiger partial charge on any atom is 0.333 e. The Balaban J connectivity index is 1.82. The quantitative estimate of drug-likeness (QED) is 0.825. The summed E-state index contributed by atoms with van der Waals surface area (Å²) in [5, 5.41) is 4.49. The molecule has 2 rings (SSSR count). The molecule has 0 bridgehead atoms. The second-order valence-corrected chi connectivity index (χ2v) is 4.17. The van der Waals surface area contributed by atoms with Crippen molar-refractivity contribution in [3.8, 4) is 0 Å². The van der Waals surface area contributed by atoms with Gasteiger partial charge in [-0.15, -0.1) is 0 Å². The Kier molecular flexibility index (Phi) is 4.39. The van der Waals surface area contributed by atoms with Gasteiger partial charge in [-0.05, 0) is 17.7 Å². The minimum Gasteiger partial charge on any atom is -0.333 e. The molecule has 4 nitrogen and oxygen atoms in total. The SMILES string of the molecule is CN(NC(=O)NCc1ccccc1)c1ccccc1. The molecule has 4 heteroatoms. The highest BCUT2D eigenvalue weighted by Gasteiger charge is 2.04. The molecule has 0 aliphatic rings. The molecule has 0 radical (unpaired) electrons. The van der Waals surface area contributed by atoms with E-state index in [9.17, 15) is 4.79 Å². The van der Waals surface area contributed by atoms with Crippen LogP contribution < -0.4 is 15.8 Å². The summed E-state index contributed by atoms with van der Waals surface area (Å²) < 4.78 is 0. The second-order valence-electron chi connectivity index (χ2n) is 4.17. The number of carbonyl (C=O) groups is 1. The van der Waals surface area contributed by atoms with Gasteiger partial charge >= 0.3 is 6.03 Å². The molecule has 0 aromatic heterocycles. The van der Waals surface area contributed by atoms with Crippen molar-refractivity contribution in [3.05, 3.63) is 66.2 Å². The summed E-state index contributed by atoms with van der Waals surface area (Å²) in [5.41, 5.74) is 4.75. The van der Waals surface area contributed by atoms with E-state index in [2.05, 4.69) is 10.7 Å². The maximum atomic E-state index is 11.7. The van der Waals surface area contributed by atoms with Gasteiger partial charge in [0.05, 0.1) is 5.69 Å². The van der Waals surface area contributed by atoms with Gasteiger partial charge in [0.2, 0.25) is 0 Å². The number of para-hydroxylation sites is 1. The van der Waals surface area contributed by atoms with Crippen molar-refractivity contribution in [2.24, 2.45) is 0 Å². The van der Waals surface area contributed by atoms with Gasteiger partial charge in [0.25, 0.3) is 0 Å². The van der Waals surface area contributed by atoms with Crippen LogP contribution in [0.15, 0.2) is 60.7 Å². The topological polar surface area (TPSA) is 44.4 Å². The lowest BCUT2D eigenvalue weighted by atomic mass is 10.2. The molecule has 2 N–H and O–H groups in total. The van der Waals surface area contributed by atoms with Crippen LogP contribution in [0.25, 0.3) is 0 Å². The zero-order valence-corrected chi connectivity index (χ0v) is 10.8. The molecule has 0 spiro atoms. The molecule has 2 aromatic rings. The standard InChI is InChI=1S/C15H17N3O/c1-18(14-10-6-3-7-11-14)17-15(19)16-12-13-8-4-2-5-9-13/h2-11H,12H2,1H3,(H2,16,17,19). The van der Waals surface area contributed by atoms with Crippen molar-refractivity contribution in [2.45, 2.75) is 6.54 Å². The van der Waals surface area contributed by atoms with Gasteiger partial charge in [-0.1, -0.05) is 48.5 Å². The predicted molar refractivity (Wildman–Crippen MR) is 76.7 cm³/mol. The number of hydrogen-bond donors (Lipinski definition) is 2. The van der Waals surface area contributed by atoms with Crippen molar-refractivity contribution in [1.82, 2.24) is 10.7 Å². The summed E-state index contributed by atoms with van der Waals surface area (Å²) in [6, 6.07) is 19.2. The minimum absolute atomic E-state index is 0.227. The van der Waals surface area contributed by atoms with Crippen LogP contribution >= 0.6 is 0 Å². The molecule has 0 saturated carbocycles. The van der Waals surface area contributed by atoms with Gasteiger partial charge in [-0.3, -0.25) is 5.01 Å². The Morgan fingerprint density at radius 3 is 2.21 bits per heavy atom. The van der Waals surface area contributed by atoms with E-state index in [0.29, 0.717) is 6.54 Å². The number of carbonyl (C=O) groups excluding carboxylic acids is 1. The van der Waals surface area contributed by atoms with Crippen LogP contribution in [0.2, 0.25) is 0 Å². The Labute approximate surface area is 113 Å².